The summed E-state index contributed by atoms with van der Waals surface area (Å²) in [6, 6.07) is 0. The Labute approximate surface area is 72.2 Å². The molecule has 0 N–H and O–H groups in total. The predicted molar refractivity (Wildman–Crippen MR) is 38.3 cm³/mol. The number of carbonyl (C=O) groups excluding carboxylic acids is 1. The summed E-state index contributed by atoms with van der Waals surface area (Å²) < 4.78 is 37.6. The third kappa shape index (κ3) is 1.71. The van der Waals surface area contributed by atoms with E-state index in [1.165, 1.54) is 6.92 Å². The molecule has 13 heavy (non-hydrogen) atoms. The molecule has 0 amide bonds. The van der Waals surface area contributed by atoms with E-state index in [0.29, 0.717) is 0 Å². The van der Waals surface area contributed by atoms with E-state index in [1.807, 2.05) is 0 Å². The quantitative estimate of drug-likeness (QED) is 0.669. The van der Waals surface area contributed by atoms with Crippen molar-refractivity contribution in [1.82, 2.24) is 9.78 Å². The van der Waals surface area contributed by atoms with Crippen molar-refractivity contribution in [3.05, 3.63) is 17.5 Å². The van der Waals surface area contributed by atoms with Crippen molar-refractivity contribution in [3.8, 4) is 0 Å². The van der Waals surface area contributed by atoms with Crippen molar-refractivity contribution in [2.75, 3.05) is 0 Å². The molecule has 0 aliphatic heterocycles. The van der Waals surface area contributed by atoms with Gasteiger partial charge in [0.05, 0.1) is 11.8 Å². The maximum Gasteiger partial charge on any atom is 0.433 e. The van der Waals surface area contributed by atoms with Gasteiger partial charge in [-0.1, -0.05) is 0 Å². The molecule has 0 atom stereocenters. The lowest BCUT2D eigenvalue weighted by Gasteiger charge is -2.08. The number of carbonyl (C=O) groups is 1. The SMILES string of the molecule is CCn1ncc(C=O)c1C(F)(F)F. The van der Waals surface area contributed by atoms with Gasteiger partial charge in [0.15, 0.2) is 12.0 Å². The first-order chi connectivity index (χ1) is 6.00. The van der Waals surface area contributed by atoms with E-state index in [4.69, 9.17) is 0 Å². The largest absolute Gasteiger partial charge is 0.433 e. The second-order valence-corrected chi connectivity index (χ2v) is 2.38. The van der Waals surface area contributed by atoms with Gasteiger partial charge in [0, 0.05) is 6.54 Å². The van der Waals surface area contributed by atoms with E-state index >= 15 is 0 Å². The van der Waals surface area contributed by atoms with Crippen LogP contribution in [0.15, 0.2) is 6.20 Å². The molecule has 0 saturated heterocycles. The van der Waals surface area contributed by atoms with Crippen LogP contribution in [0.4, 0.5) is 13.2 Å². The molecule has 0 bridgehead atoms. The van der Waals surface area contributed by atoms with Crippen LogP contribution in [0.3, 0.4) is 0 Å². The lowest BCUT2D eigenvalue weighted by atomic mass is 10.2. The molecular formula is C7H7F3N2O. The van der Waals surface area contributed by atoms with Gasteiger partial charge in [-0.05, 0) is 6.92 Å². The summed E-state index contributed by atoms with van der Waals surface area (Å²) in [5.41, 5.74) is -1.40. The number of alkyl halides is 3. The van der Waals surface area contributed by atoms with Gasteiger partial charge >= 0.3 is 6.18 Å². The third-order valence-electron chi connectivity index (χ3n) is 1.56. The minimum absolute atomic E-state index is 0.0860. The van der Waals surface area contributed by atoms with Gasteiger partial charge in [-0.15, -0.1) is 0 Å². The molecule has 6 heteroatoms. The van der Waals surface area contributed by atoms with Crippen molar-refractivity contribution in [2.45, 2.75) is 19.6 Å². The Kier molecular flexibility index (Phi) is 2.40. The van der Waals surface area contributed by atoms with Crippen molar-refractivity contribution < 1.29 is 18.0 Å². The zero-order valence-electron chi connectivity index (χ0n) is 6.80. The summed E-state index contributed by atoms with van der Waals surface area (Å²) >= 11 is 0. The molecule has 72 valence electrons. The zero-order chi connectivity index (χ0) is 10.1. The maximum absolute atomic E-state index is 12.3. The summed E-state index contributed by atoms with van der Waals surface area (Å²) in [5.74, 6) is 0. The van der Waals surface area contributed by atoms with Gasteiger partial charge in [0.2, 0.25) is 0 Å². The number of aromatic nitrogens is 2. The summed E-state index contributed by atoms with van der Waals surface area (Å²) in [6.07, 6.45) is -3.45. The van der Waals surface area contributed by atoms with E-state index < -0.39 is 17.4 Å². The number of halogens is 3. The van der Waals surface area contributed by atoms with Gasteiger partial charge in [0.25, 0.3) is 0 Å². The number of aryl methyl sites for hydroxylation is 1. The first-order valence-electron chi connectivity index (χ1n) is 3.59. The molecule has 1 aromatic heterocycles. The molecule has 0 radical (unpaired) electrons. The van der Waals surface area contributed by atoms with Crippen LogP contribution in [0, 0.1) is 0 Å². The molecule has 0 saturated carbocycles. The number of rotatable bonds is 2. The highest BCUT2D eigenvalue weighted by Gasteiger charge is 2.37. The summed E-state index contributed by atoms with van der Waals surface area (Å²) in [6.45, 7) is 1.61. The number of hydrogen-bond donors (Lipinski definition) is 0. The first kappa shape index (κ1) is 9.76. The second-order valence-electron chi connectivity index (χ2n) is 2.38. The molecule has 0 aliphatic carbocycles. The molecule has 1 aromatic rings. The number of nitrogens with zero attached hydrogens (tertiary/aromatic N) is 2. The van der Waals surface area contributed by atoms with Crippen LogP contribution >= 0.6 is 0 Å². The molecule has 3 nitrogen and oxygen atoms in total. The lowest BCUT2D eigenvalue weighted by Crippen LogP contribution is -2.15. The highest BCUT2D eigenvalue weighted by molar-refractivity contribution is 5.76. The summed E-state index contributed by atoms with van der Waals surface area (Å²) in [7, 11) is 0. The highest BCUT2D eigenvalue weighted by atomic mass is 19.4. The number of hydrogen-bond acceptors (Lipinski definition) is 2. The standard InChI is InChI=1S/C7H7F3N2O/c1-2-12-6(7(8,9)10)5(4-13)3-11-12/h3-4H,2H2,1H3. The minimum Gasteiger partial charge on any atom is -0.298 e. The molecule has 1 rings (SSSR count). The topological polar surface area (TPSA) is 34.9 Å². The van der Waals surface area contributed by atoms with Crippen LogP contribution in [0.5, 0.6) is 0 Å². The average Bonchev–Trinajstić information content (AvgIpc) is 2.45. The molecule has 1 heterocycles. The predicted octanol–water partition coefficient (Wildman–Crippen LogP) is 1.73. The van der Waals surface area contributed by atoms with Crippen molar-refractivity contribution >= 4 is 6.29 Å². The van der Waals surface area contributed by atoms with E-state index in [-0.39, 0.29) is 12.8 Å². The fourth-order valence-corrected chi connectivity index (χ4v) is 1.04. The molecule has 0 aromatic carbocycles. The normalized spacial score (nSPS) is 11.7. The van der Waals surface area contributed by atoms with Crippen LogP contribution in [0.1, 0.15) is 23.0 Å². The number of aldehydes is 1. The highest BCUT2D eigenvalue weighted by Crippen LogP contribution is 2.31. The summed E-state index contributed by atoms with van der Waals surface area (Å²) in [5, 5.41) is 3.44. The Morgan fingerprint density at radius 2 is 2.23 bits per heavy atom. The third-order valence-corrected chi connectivity index (χ3v) is 1.56. The van der Waals surface area contributed by atoms with Crippen LogP contribution in [0.2, 0.25) is 0 Å². The molecule has 0 unspecified atom stereocenters. The summed E-state index contributed by atoms with van der Waals surface area (Å²) in [4.78, 5) is 10.2. The van der Waals surface area contributed by atoms with Crippen LogP contribution in [-0.2, 0) is 12.7 Å². The molecule has 0 fully saturated rings. The van der Waals surface area contributed by atoms with Crippen molar-refractivity contribution in [2.24, 2.45) is 0 Å². The van der Waals surface area contributed by atoms with Crippen molar-refractivity contribution in [1.29, 1.82) is 0 Å². The lowest BCUT2D eigenvalue weighted by molar-refractivity contribution is -0.144. The molecule has 0 spiro atoms. The van der Waals surface area contributed by atoms with Crippen LogP contribution in [-0.4, -0.2) is 16.1 Å². The molecule has 0 aliphatic rings. The van der Waals surface area contributed by atoms with E-state index in [2.05, 4.69) is 5.10 Å². The van der Waals surface area contributed by atoms with Gasteiger partial charge < -0.3 is 0 Å². The molecular weight excluding hydrogens is 185 g/mol. The van der Waals surface area contributed by atoms with Gasteiger partial charge in [-0.25, -0.2) is 0 Å². The Bertz CT molecular complexity index is 316. The first-order valence-corrected chi connectivity index (χ1v) is 3.59. The van der Waals surface area contributed by atoms with Crippen LogP contribution < -0.4 is 0 Å². The zero-order valence-corrected chi connectivity index (χ0v) is 6.80. The Morgan fingerprint density at radius 3 is 2.62 bits per heavy atom. The van der Waals surface area contributed by atoms with Crippen LogP contribution in [0.25, 0.3) is 0 Å². The minimum atomic E-state index is -4.53. The van der Waals surface area contributed by atoms with E-state index in [0.717, 1.165) is 10.9 Å². The van der Waals surface area contributed by atoms with Gasteiger partial charge in [-0.3, -0.25) is 9.48 Å². The van der Waals surface area contributed by atoms with Gasteiger partial charge in [0.1, 0.15) is 0 Å². The fourth-order valence-electron chi connectivity index (χ4n) is 1.04. The van der Waals surface area contributed by atoms with E-state index in [1.54, 1.807) is 0 Å². The van der Waals surface area contributed by atoms with Gasteiger partial charge in [-0.2, -0.15) is 18.3 Å². The Hall–Kier alpha value is -1.33. The fraction of sp³-hybridized carbons (Fsp3) is 0.429. The maximum atomic E-state index is 12.3. The monoisotopic (exact) mass is 192 g/mol. The van der Waals surface area contributed by atoms with E-state index in [9.17, 15) is 18.0 Å². The average molecular weight is 192 g/mol. The van der Waals surface area contributed by atoms with Crippen molar-refractivity contribution in [3.63, 3.8) is 0 Å². The smallest absolute Gasteiger partial charge is 0.298 e. The second kappa shape index (κ2) is 3.20. The Balaban J connectivity index is 3.28. The Morgan fingerprint density at radius 1 is 1.62 bits per heavy atom.